The Balaban J connectivity index is 1.71. The number of carbonyl (C=O) groups is 2. The molecule has 0 spiro atoms. The quantitative estimate of drug-likeness (QED) is 0.0710. The summed E-state index contributed by atoms with van der Waals surface area (Å²) >= 11 is 0. The molecule has 1 heterocycles. The summed E-state index contributed by atoms with van der Waals surface area (Å²) in [5, 5.41) is 0. The summed E-state index contributed by atoms with van der Waals surface area (Å²) in [6.45, 7) is 4.21. The third-order valence-electron chi connectivity index (χ3n) is 8.20. The first-order chi connectivity index (χ1) is 18.6. The van der Waals surface area contributed by atoms with E-state index in [0.29, 0.717) is 5.78 Å². The zero-order valence-corrected chi connectivity index (χ0v) is 25.7. The molecule has 3 nitrogen and oxygen atoms in total. The first-order valence-electron chi connectivity index (χ1n) is 17.1. The molecule has 222 valence electrons. The number of hydrogen-bond acceptors (Lipinski definition) is 3. The highest BCUT2D eigenvalue weighted by molar-refractivity contribution is 5.90. The van der Waals surface area contributed by atoms with E-state index in [0.717, 1.165) is 44.1 Å². The van der Waals surface area contributed by atoms with Crippen molar-refractivity contribution in [3.63, 3.8) is 0 Å². The second-order valence-corrected chi connectivity index (χ2v) is 12.1. The van der Waals surface area contributed by atoms with Crippen molar-refractivity contribution in [3.8, 4) is 0 Å². The highest BCUT2D eigenvalue weighted by Crippen LogP contribution is 2.20. The van der Waals surface area contributed by atoms with E-state index < -0.39 is 0 Å². The normalized spacial score (nSPS) is 15.2. The number of cyclic esters (lactones) is 1. The summed E-state index contributed by atoms with van der Waals surface area (Å²) in [4.78, 5) is 23.7. The molecule has 0 aromatic heterocycles. The molecule has 1 unspecified atom stereocenters. The molecule has 3 heteroatoms. The van der Waals surface area contributed by atoms with Gasteiger partial charge >= 0.3 is 5.97 Å². The Morgan fingerprint density at radius 1 is 0.579 bits per heavy atom. The van der Waals surface area contributed by atoms with E-state index in [9.17, 15) is 9.59 Å². The lowest BCUT2D eigenvalue weighted by Gasteiger charge is -2.04. The van der Waals surface area contributed by atoms with Crippen molar-refractivity contribution in [2.24, 2.45) is 0 Å². The van der Waals surface area contributed by atoms with E-state index in [1.165, 1.54) is 141 Å². The van der Waals surface area contributed by atoms with E-state index in [4.69, 9.17) is 4.74 Å². The number of unbranched alkanes of at least 4 members (excludes halogenated alkanes) is 23. The Morgan fingerprint density at radius 3 is 1.26 bits per heavy atom. The molecule has 0 saturated carbocycles. The van der Waals surface area contributed by atoms with Crippen LogP contribution in [0.5, 0.6) is 0 Å². The molecule has 1 aliphatic heterocycles. The van der Waals surface area contributed by atoms with Crippen LogP contribution in [-0.2, 0) is 14.3 Å². The van der Waals surface area contributed by atoms with Crippen molar-refractivity contribution >= 4 is 11.8 Å². The fraction of sp³-hybridized carbons (Fsp3) is 0.886. The van der Waals surface area contributed by atoms with Crippen LogP contribution in [0.25, 0.3) is 0 Å². The topological polar surface area (TPSA) is 43.4 Å². The summed E-state index contributed by atoms with van der Waals surface area (Å²) in [6, 6.07) is 0. The predicted octanol–water partition coefficient (Wildman–Crippen LogP) is 11.4. The molecule has 0 aromatic rings. The van der Waals surface area contributed by atoms with E-state index in [1.807, 2.05) is 13.0 Å². The minimum Gasteiger partial charge on any atom is -0.455 e. The van der Waals surface area contributed by atoms with Crippen molar-refractivity contribution in [2.75, 3.05) is 0 Å². The first kappa shape index (κ1) is 34.9. The van der Waals surface area contributed by atoms with Crippen molar-refractivity contribution in [2.45, 2.75) is 200 Å². The molecule has 0 amide bonds. The molecule has 0 radical (unpaired) electrons. The van der Waals surface area contributed by atoms with Gasteiger partial charge in [-0.2, -0.15) is 0 Å². The number of ketones is 1. The molecular formula is C35H64O3. The van der Waals surface area contributed by atoms with Crippen LogP contribution in [0.1, 0.15) is 194 Å². The molecule has 1 atom stereocenters. The van der Waals surface area contributed by atoms with Gasteiger partial charge in [0.25, 0.3) is 0 Å². The van der Waals surface area contributed by atoms with Gasteiger partial charge in [-0.3, -0.25) is 4.79 Å². The van der Waals surface area contributed by atoms with Crippen LogP contribution in [0.2, 0.25) is 0 Å². The van der Waals surface area contributed by atoms with E-state index >= 15 is 0 Å². The molecule has 1 rings (SSSR count). The smallest absolute Gasteiger partial charge is 0.334 e. The maximum Gasteiger partial charge on any atom is 0.334 e. The summed E-state index contributed by atoms with van der Waals surface area (Å²) in [5.41, 5.74) is 0.880. The third-order valence-corrected chi connectivity index (χ3v) is 8.20. The maximum absolute atomic E-state index is 12.1. The Morgan fingerprint density at radius 2 is 0.921 bits per heavy atom. The molecule has 38 heavy (non-hydrogen) atoms. The van der Waals surface area contributed by atoms with Crippen LogP contribution in [0, 0.1) is 0 Å². The fourth-order valence-electron chi connectivity index (χ4n) is 5.69. The Labute approximate surface area is 237 Å². The largest absolute Gasteiger partial charge is 0.455 e. The van der Waals surface area contributed by atoms with Gasteiger partial charge in [0.15, 0.2) is 0 Å². The van der Waals surface area contributed by atoms with Crippen LogP contribution in [0.4, 0.5) is 0 Å². The lowest BCUT2D eigenvalue weighted by Crippen LogP contribution is -2.03. The molecule has 0 fully saturated rings. The maximum atomic E-state index is 12.1. The summed E-state index contributed by atoms with van der Waals surface area (Å²) < 4.78 is 5.14. The summed E-state index contributed by atoms with van der Waals surface area (Å²) in [7, 11) is 0. The summed E-state index contributed by atoms with van der Waals surface area (Å²) in [6.07, 6.45) is 37.5. The highest BCUT2D eigenvalue weighted by atomic mass is 16.5. The van der Waals surface area contributed by atoms with Gasteiger partial charge in [0, 0.05) is 18.4 Å². The van der Waals surface area contributed by atoms with Gasteiger partial charge in [0.2, 0.25) is 0 Å². The molecule has 0 bridgehead atoms. The second-order valence-electron chi connectivity index (χ2n) is 12.1. The minimum absolute atomic E-state index is 0.0330. The van der Waals surface area contributed by atoms with Crippen molar-refractivity contribution < 1.29 is 14.3 Å². The Hall–Kier alpha value is -1.12. The average Bonchev–Trinajstić information content (AvgIpc) is 3.23. The van der Waals surface area contributed by atoms with Gasteiger partial charge in [-0.25, -0.2) is 4.79 Å². The van der Waals surface area contributed by atoms with E-state index in [2.05, 4.69) is 6.92 Å². The van der Waals surface area contributed by atoms with Crippen molar-refractivity contribution in [3.05, 3.63) is 11.6 Å². The predicted molar refractivity (Wildman–Crippen MR) is 164 cm³/mol. The van der Waals surface area contributed by atoms with Gasteiger partial charge < -0.3 is 4.74 Å². The van der Waals surface area contributed by atoms with Gasteiger partial charge in [-0.1, -0.05) is 148 Å². The van der Waals surface area contributed by atoms with E-state index in [-0.39, 0.29) is 12.1 Å². The lowest BCUT2D eigenvalue weighted by atomic mass is 10.0. The Kier molecular flexibility index (Phi) is 24.0. The SMILES string of the molecule is CCCCCCCCCCCCCCCCCC(=O)CCCCCCCCCCCCC1=CC(C)OC1=O. The summed E-state index contributed by atoms with van der Waals surface area (Å²) in [5.74, 6) is 0.389. The van der Waals surface area contributed by atoms with Crippen molar-refractivity contribution in [1.82, 2.24) is 0 Å². The molecule has 0 N–H and O–H groups in total. The van der Waals surface area contributed by atoms with Crippen LogP contribution in [0.15, 0.2) is 11.6 Å². The average molecular weight is 533 g/mol. The monoisotopic (exact) mass is 532 g/mol. The molecule has 0 aromatic carbocycles. The minimum atomic E-state index is -0.107. The molecular weight excluding hydrogens is 468 g/mol. The number of rotatable bonds is 29. The van der Waals surface area contributed by atoms with Gasteiger partial charge in [-0.15, -0.1) is 0 Å². The van der Waals surface area contributed by atoms with Crippen molar-refractivity contribution in [1.29, 1.82) is 0 Å². The number of carbonyl (C=O) groups excluding carboxylic acids is 2. The molecule has 1 aliphatic rings. The van der Waals surface area contributed by atoms with E-state index in [1.54, 1.807) is 0 Å². The van der Waals surface area contributed by atoms with Crippen LogP contribution < -0.4 is 0 Å². The van der Waals surface area contributed by atoms with Crippen LogP contribution in [-0.4, -0.2) is 17.9 Å². The second kappa shape index (κ2) is 26.1. The van der Waals surface area contributed by atoms with Gasteiger partial charge in [0.1, 0.15) is 11.9 Å². The van der Waals surface area contributed by atoms with Crippen LogP contribution in [0.3, 0.4) is 0 Å². The fourth-order valence-corrected chi connectivity index (χ4v) is 5.69. The first-order valence-corrected chi connectivity index (χ1v) is 17.1. The molecule has 0 saturated heterocycles. The number of hydrogen-bond donors (Lipinski definition) is 0. The van der Waals surface area contributed by atoms with Gasteiger partial charge in [0.05, 0.1) is 0 Å². The zero-order chi connectivity index (χ0) is 27.5. The molecule has 0 aliphatic carbocycles. The van der Waals surface area contributed by atoms with Gasteiger partial charge in [-0.05, 0) is 38.7 Å². The highest BCUT2D eigenvalue weighted by Gasteiger charge is 2.21. The lowest BCUT2D eigenvalue weighted by molar-refractivity contribution is -0.139. The zero-order valence-electron chi connectivity index (χ0n) is 25.7. The van der Waals surface area contributed by atoms with Crippen LogP contribution >= 0.6 is 0 Å². The number of Topliss-reactive ketones (excluding diaryl/α,β-unsaturated/α-hetero) is 1. The Bertz CT molecular complexity index is 594. The standard InChI is InChI=1S/C35H64O3/c1-3-4-5-6-7-8-9-10-11-12-13-17-20-23-26-29-34(36)30-27-24-21-18-15-14-16-19-22-25-28-33-31-32(2)38-35(33)37/h31-32H,3-30H2,1-2H3. The number of ether oxygens (including phenoxy) is 1. The third kappa shape index (κ3) is 21.8. The number of esters is 1.